The molecule has 0 heterocycles. The average molecular weight is 199 g/mol. The highest BCUT2D eigenvalue weighted by Crippen LogP contribution is 2.03. The standard InChI is InChI=1S/C12H25NO/c1-4-7-9-12(14)13(10-6-3)11-8-5-2/h4-11H2,1-3H3. The summed E-state index contributed by atoms with van der Waals surface area (Å²) in [6, 6.07) is 0. The van der Waals surface area contributed by atoms with Gasteiger partial charge in [-0.3, -0.25) is 4.79 Å². The topological polar surface area (TPSA) is 20.3 Å². The van der Waals surface area contributed by atoms with Crippen molar-refractivity contribution in [2.45, 2.75) is 59.3 Å². The lowest BCUT2D eigenvalue weighted by molar-refractivity contribution is -0.131. The number of nitrogens with zero attached hydrogens (tertiary/aromatic N) is 1. The number of carbonyl (C=O) groups is 1. The lowest BCUT2D eigenvalue weighted by atomic mass is 10.2. The third-order valence-corrected chi connectivity index (χ3v) is 2.37. The lowest BCUT2D eigenvalue weighted by Crippen LogP contribution is -2.32. The van der Waals surface area contributed by atoms with Crippen LogP contribution in [0.25, 0.3) is 0 Å². The minimum atomic E-state index is 0.349. The minimum Gasteiger partial charge on any atom is -0.343 e. The minimum absolute atomic E-state index is 0.349. The Labute approximate surface area is 88.7 Å². The second kappa shape index (κ2) is 9.04. The van der Waals surface area contributed by atoms with Gasteiger partial charge in [0, 0.05) is 19.5 Å². The number of unbranched alkanes of at least 4 members (excludes halogenated alkanes) is 2. The summed E-state index contributed by atoms with van der Waals surface area (Å²) in [6.07, 6.45) is 6.26. The summed E-state index contributed by atoms with van der Waals surface area (Å²) in [5.74, 6) is 0.349. The maximum atomic E-state index is 11.7. The van der Waals surface area contributed by atoms with Gasteiger partial charge < -0.3 is 4.90 Å². The summed E-state index contributed by atoms with van der Waals surface area (Å²) >= 11 is 0. The van der Waals surface area contributed by atoms with Gasteiger partial charge in [-0.05, 0) is 19.3 Å². The molecule has 0 spiro atoms. The van der Waals surface area contributed by atoms with Gasteiger partial charge in [-0.2, -0.15) is 0 Å². The van der Waals surface area contributed by atoms with Crippen molar-refractivity contribution in [3.05, 3.63) is 0 Å². The maximum Gasteiger partial charge on any atom is 0.222 e. The molecule has 1 amide bonds. The van der Waals surface area contributed by atoms with Crippen molar-refractivity contribution >= 4 is 5.91 Å². The monoisotopic (exact) mass is 199 g/mol. The smallest absolute Gasteiger partial charge is 0.222 e. The van der Waals surface area contributed by atoms with Crippen molar-refractivity contribution in [2.24, 2.45) is 0 Å². The van der Waals surface area contributed by atoms with E-state index >= 15 is 0 Å². The van der Waals surface area contributed by atoms with Crippen LogP contribution in [0.3, 0.4) is 0 Å². The van der Waals surface area contributed by atoms with Crippen LogP contribution in [0.15, 0.2) is 0 Å². The molecule has 0 N–H and O–H groups in total. The van der Waals surface area contributed by atoms with Gasteiger partial charge in [-0.25, -0.2) is 0 Å². The summed E-state index contributed by atoms with van der Waals surface area (Å²) in [7, 11) is 0. The fraction of sp³-hybridized carbons (Fsp3) is 0.917. The number of hydrogen-bond acceptors (Lipinski definition) is 1. The first-order valence-corrected chi connectivity index (χ1v) is 6.04. The summed E-state index contributed by atoms with van der Waals surface area (Å²) in [5, 5.41) is 0. The van der Waals surface area contributed by atoms with E-state index < -0.39 is 0 Å². The molecular weight excluding hydrogens is 174 g/mol. The van der Waals surface area contributed by atoms with E-state index in [1.807, 2.05) is 4.90 Å². The molecule has 0 aliphatic carbocycles. The Morgan fingerprint density at radius 3 is 2.07 bits per heavy atom. The third-order valence-electron chi connectivity index (χ3n) is 2.37. The zero-order chi connectivity index (χ0) is 10.8. The second-order valence-corrected chi connectivity index (χ2v) is 3.84. The van der Waals surface area contributed by atoms with Crippen LogP contribution >= 0.6 is 0 Å². The molecule has 0 aromatic heterocycles. The van der Waals surface area contributed by atoms with Crippen LogP contribution in [0, 0.1) is 0 Å². The first kappa shape index (κ1) is 13.5. The Balaban J connectivity index is 3.84. The van der Waals surface area contributed by atoms with Crippen LogP contribution in [0.2, 0.25) is 0 Å². The van der Waals surface area contributed by atoms with E-state index in [9.17, 15) is 4.79 Å². The highest BCUT2D eigenvalue weighted by Gasteiger charge is 2.10. The van der Waals surface area contributed by atoms with Gasteiger partial charge in [-0.1, -0.05) is 33.6 Å². The van der Waals surface area contributed by atoms with E-state index in [4.69, 9.17) is 0 Å². The van der Waals surface area contributed by atoms with E-state index in [0.717, 1.165) is 45.2 Å². The average Bonchev–Trinajstić information content (AvgIpc) is 2.20. The van der Waals surface area contributed by atoms with Crippen molar-refractivity contribution < 1.29 is 4.79 Å². The molecule has 2 heteroatoms. The van der Waals surface area contributed by atoms with Gasteiger partial charge in [0.2, 0.25) is 5.91 Å². The first-order chi connectivity index (χ1) is 6.76. The van der Waals surface area contributed by atoms with Gasteiger partial charge in [0.05, 0.1) is 0 Å². The fourth-order valence-corrected chi connectivity index (χ4v) is 1.47. The molecule has 0 aromatic rings. The lowest BCUT2D eigenvalue weighted by Gasteiger charge is -2.21. The quantitative estimate of drug-likeness (QED) is 0.588. The predicted molar refractivity (Wildman–Crippen MR) is 61.3 cm³/mol. The molecule has 0 unspecified atom stereocenters. The molecule has 0 rings (SSSR count). The molecule has 0 saturated heterocycles. The molecular formula is C12H25NO. The molecule has 0 aliphatic heterocycles. The Kier molecular flexibility index (Phi) is 8.70. The largest absolute Gasteiger partial charge is 0.343 e. The predicted octanol–water partition coefficient (Wildman–Crippen LogP) is 3.22. The molecule has 0 aromatic carbocycles. The van der Waals surface area contributed by atoms with Crippen LogP contribution < -0.4 is 0 Å². The van der Waals surface area contributed by atoms with Gasteiger partial charge >= 0.3 is 0 Å². The highest BCUT2D eigenvalue weighted by atomic mass is 16.2. The molecule has 84 valence electrons. The number of rotatable bonds is 8. The summed E-state index contributed by atoms with van der Waals surface area (Å²) in [4.78, 5) is 13.8. The fourth-order valence-electron chi connectivity index (χ4n) is 1.47. The van der Waals surface area contributed by atoms with Gasteiger partial charge in [0.25, 0.3) is 0 Å². The van der Waals surface area contributed by atoms with Crippen molar-refractivity contribution in [1.29, 1.82) is 0 Å². The van der Waals surface area contributed by atoms with Gasteiger partial charge in [0.15, 0.2) is 0 Å². The van der Waals surface area contributed by atoms with Crippen LogP contribution in [0.5, 0.6) is 0 Å². The van der Waals surface area contributed by atoms with Crippen molar-refractivity contribution in [3.8, 4) is 0 Å². The molecule has 0 atom stereocenters. The third kappa shape index (κ3) is 6.01. The molecule has 14 heavy (non-hydrogen) atoms. The van der Waals surface area contributed by atoms with Crippen molar-refractivity contribution in [3.63, 3.8) is 0 Å². The van der Waals surface area contributed by atoms with Crippen molar-refractivity contribution in [2.75, 3.05) is 13.1 Å². The number of carbonyl (C=O) groups excluding carboxylic acids is 1. The normalized spacial score (nSPS) is 10.2. The van der Waals surface area contributed by atoms with Crippen molar-refractivity contribution in [1.82, 2.24) is 4.90 Å². The molecule has 0 saturated carbocycles. The number of amides is 1. The van der Waals surface area contributed by atoms with Crippen LogP contribution in [-0.2, 0) is 4.79 Å². The van der Waals surface area contributed by atoms with Crippen LogP contribution in [-0.4, -0.2) is 23.9 Å². The Morgan fingerprint density at radius 1 is 0.929 bits per heavy atom. The molecule has 0 aliphatic rings. The zero-order valence-electron chi connectivity index (χ0n) is 10.0. The van der Waals surface area contributed by atoms with Gasteiger partial charge in [0.1, 0.15) is 0 Å². The molecule has 0 radical (unpaired) electrons. The van der Waals surface area contributed by atoms with E-state index in [-0.39, 0.29) is 0 Å². The zero-order valence-corrected chi connectivity index (χ0v) is 10.0. The van der Waals surface area contributed by atoms with Gasteiger partial charge in [-0.15, -0.1) is 0 Å². The maximum absolute atomic E-state index is 11.7. The van der Waals surface area contributed by atoms with E-state index in [1.54, 1.807) is 0 Å². The second-order valence-electron chi connectivity index (χ2n) is 3.84. The van der Waals surface area contributed by atoms with Crippen LogP contribution in [0.4, 0.5) is 0 Å². The first-order valence-electron chi connectivity index (χ1n) is 6.04. The highest BCUT2D eigenvalue weighted by molar-refractivity contribution is 5.76. The van der Waals surface area contributed by atoms with E-state index in [1.165, 1.54) is 6.42 Å². The van der Waals surface area contributed by atoms with E-state index in [2.05, 4.69) is 20.8 Å². The SMILES string of the molecule is CCCCC(=O)N(CCC)CCCC. The van der Waals surface area contributed by atoms with E-state index in [0.29, 0.717) is 5.91 Å². The summed E-state index contributed by atoms with van der Waals surface area (Å²) < 4.78 is 0. The molecule has 2 nitrogen and oxygen atoms in total. The van der Waals surface area contributed by atoms with Crippen LogP contribution in [0.1, 0.15) is 59.3 Å². The molecule has 0 bridgehead atoms. The Bertz CT molecular complexity index is 145. The Hall–Kier alpha value is -0.530. The Morgan fingerprint density at radius 2 is 1.57 bits per heavy atom. The number of hydrogen-bond donors (Lipinski definition) is 0. The molecule has 0 fully saturated rings. The summed E-state index contributed by atoms with van der Waals surface area (Å²) in [5.41, 5.74) is 0. The summed E-state index contributed by atoms with van der Waals surface area (Å²) in [6.45, 7) is 8.31.